The standard InChI is InChI=1S/C15H17ClN2O2S/c1-11(9-12-3-5-13(16)6-4-12)18-14-7-8-15(17-10-14)21(2,19)20/h3-8,10-11,18H,9H2,1-2H3. The molecule has 1 unspecified atom stereocenters. The molecule has 0 saturated carbocycles. The summed E-state index contributed by atoms with van der Waals surface area (Å²) in [5.41, 5.74) is 1.98. The molecule has 0 aliphatic carbocycles. The summed E-state index contributed by atoms with van der Waals surface area (Å²) in [6, 6.07) is 11.1. The van der Waals surface area contributed by atoms with E-state index in [9.17, 15) is 8.42 Å². The smallest absolute Gasteiger partial charge is 0.192 e. The molecule has 0 aliphatic heterocycles. The minimum atomic E-state index is -3.25. The van der Waals surface area contributed by atoms with Crippen LogP contribution in [0, 0.1) is 0 Å². The number of halogens is 1. The van der Waals surface area contributed by atoms with Gasteiger partial charge in [0, 0.05) is 17.3 Å². The number of sulfone groups is 1. The normalized spacial score (nSPS) is 12.9. The van der Waals surface area contributed by atoms with Crippen molar-refractivity contribution < 1.29 is 8.42 Å². The van der Waals surface area contributed by atoms with E-state index in [0.29, 0.717) is 0 Å². The minimum Gasteiger partial charge on any atom is -0.381 e. The zero-order valence-corrected chi connectivity index (χ0v) is 13.4. The average molecular weight is 325 g/mol. The Labute approximate surface area is 130 Å². The van der Waals surface area contributed by atoms with Gasteiger partial charge in [-0.05, 0) is 43.2 Å². The zero-order valence-electron chi connectivity index (χ0n) is 11.9. The third-order valence-electron chi connectivity index (χ3n) is 2.98. The predicted octanol–water partition coefficient (Wildman–Crippen LogP) is 3.18. The van der Waals surface area contributed by atoms with E-state index >= 15 is 0 Å². The van der Waals surface area contributed by atoms with Crippen LogP contribution in [0.4, 0.5) is 5.69 Å². The highest BCUT2D eigenvalue weighted by Gasteiger charge is 2.09. The van der Waals surface area contributed by atoms with E-state index in [-0.39, 0.29) is 11.1 Å². The molecular formula is C15H17ClN2O2S. The van der Waals surface area contributed by atoms with Crippen molar-refractivity contribution in [2.24, 2.45) is 0 Å². The molecule has 0 fully saturated rings. The van der Waals surface area contributed by atoms with Gasteiger partial charge in [0.2, 0.25) is 0 Å². The van der Waals surface area contributed by atoms with E-state index in [2.05, 4.69) is 17.2 Å². The fourth-order valence-electron chi connectivity index (χ4n) is 1.99. The zero-order chi connectivity index (χ0) is 15.5. The Kier molecular flexibility index (Phi) is 4.85. The number of nitrogens with one attached hydrogen (secondary N) is 1. The molecule has 1 N–H and O–H groups in total. The summed E-state index contributed by atoms with van der Waals surface area (Å²) >= 11 is 5.86. The van der Waals surface area contributed by atoms with Gasteiger partial charge in [0.15, 0.2) is 14.9 Å². The highest BCUT2D eigenvalue weighted by atomic mass is 35.5. The number of rotatable bonds is 5. The monoisotopic (exact) mass is 324 g/mol. The molecule has 0 spiro atoms. The van der Waals surface area contributed by atoms with Crippen LogP contribution < -0.4 is 5.32 Å². The molecular weight excluding hydrogens is 308 g/mol. The molecule has 0 amide bonds. The summed E-state index contributed by atoms with van der Waals surface area (Å²) in [6.07, 6.45) is 3.52. The van der Waals surface area contributed by atoms with Crippen LogP contribution in [-0.4, -0.2) is 25.7 Å². The number of hydrogen-bond donors (Lipinski definition) is 1. The summed E-state index contributed by atoms with van der Waals surface area (Å²) in [6.45, 7) is 2.05. The van der Waals surface area contributed by atoms with Crippen molar-refractivity contribution in [3.8, 4) is 0 Å². The van der Waals surface area contributed by atoms with Gasteiger partial charge in [-0.1, -0.05) is 23.7 Å². The Bertz CT molecular complexity index is 697. The van der Waals surface area contributed by atoms with Crippen molar-refractivity contribution in [3.05, 3.63) is 53.2 Å². The van der Waals surface area contributed by atoms with E-state index in [1.807, 2.05) is 24.3 Å². The number of hydrogen-bond acceptors (Lipinski definition) is 4. The van der Waals surface area contributed by atoms with Crippen molar-refractivity contribution in [3.63, 3.8) is 0 Å². The quantitative estimate of drug-likeness (QED) is 0.917. The van der Waals surface area contributed by atoms with Crippen LogP contribution in [0.15, 0.2) is 47.6 Å². The minimum absolute atomic E-state index is 0.0819. The SMILES string of the molecule is CC(Cc1ccc(Cl)cc1)Nc1ccc(S(C)(=O)=O)nc1. The van der Waals surface area contributed by atoms with E-state index in [0.717, 1.165) is 23.4 Å². The predicted molar refractivity (Wildman–Crippen MR) is 85.6 cm³/mol. The van der Waals surface area contributed by atoms with Crippen LogP contribution in [-0.2, 0) is 16.3 Å². The number of aromatic nitrogens is 1. The summed E-state index contributed by atoms with van der Waals surface area (Å²) in [7, 11) is -3.25. The number of benzene rings is 1. The molecule has 2 aromatic rings. The van der Waals surface area contributed by atoms with Gasteiger partial charge in [0.05, 0.1) is 11.9 Å². The summed E-state index contributed by atoms with van der Waals surface area (Å²) in [5.74, 6) is 0. The Morgan fingerprint density at radius 1 is 1.19 bits per heavy atom. The first-order valence-corrected chi connectivity index (χ1v) is 8.78. The van der Waals surface area contributed by atoms with Gasteiger partial charge in [-0.3, -0.25) is 0 Å². The third kappa shape index (κ3) is 4.72. The van der Waals surface area contributed by atoms with Gasteiger partial charge >= 0.3 is 0 Å². The molecule has 0 radical (unpaired) electrons. The lowest BCUT2D eigenvalue weighted by molar-refractivity contribution is 0.598. The lowest BCUT2D eigenvalue weighted by Crippen LogP contribution is -2.18. The molecule has 0 bridgehead atoms. The molecule has 1 aromatic heterocycles. The van der Waals surface area contributed by atoms with Crippen molar-refractivity contribution in [2.75, 3.05) is 11.6 Å². The first-order chi connectivity index (χ1) is 9.84. The van der Waals surface area contributed by atoms with Crippen LogP contribution in [0.2, 0.25) is 5.02 Å². The fourth-order valence-corrected chi connectivity index (χ4v) is 2.68. The molecule has 0 saturated heterocycles. The van der Waals surface area contributed by atoms with Gasteiger partial charge in [-0.2, -0.15) is 0 Å². The lowest BCUT2D eigenvalue weighted by Gasteiger charge is -2.15. The van der Waals surface area contributed by atoms with Gasteiger partial charge in [0.1, 0.15) is 0 Å². The third-order valence-corrected chi connectivity index (χ3v) is 4.24. The molecule has 21 heavy (non-hydrogen) atoms. The Balaban J connectivity index is 1.99. The second-order valence-corrected chi connectivity index (χ2v) is 7.43. The van der Waals surface area contributed by atoms with Crippen molar-refractivity contribution in [1.29, 1.82) is 0 Å². The van der Waals surface area contributed by atoms with Crippen molar-refractivity contribution in [1.82, 2.24) is 4.98 Å². The highest BCUT2D eigenvalue weighted by Crippen LogP contribution is 2.15. The number of nitrogens with zero attached hydrogens (tertiary/aromatic N) is 1. The van der Waals surface area contributed by atoms with Crippen molar-refractivity contribution >= 4 is 27.1 Å². The molecule has 4 nitrogen and oxygen atoms in total. The van der Waals surface area contributed by atoms with E-state index in [1.165, 1.54) is 17.8 Å². The van der Waals surface area contributed by atoms with Crippen LogP contribution in [0.1, 0.15) is 12.5 Å². The maximum atomic E-state index is 11.3. The Morgan fingerprint density at radius 2 is 1.86 bits per heavy atom. The first-order valence-electron chi connectivity index (χ1n) is 6.52. The number of pyridine rings is 1. The van der Waals surface area contributed by atoms with Gasteiger partial charge in [-0.25, -0.2) is 13.4 Å². The Morgan fingerprint density at radius 3 is 2.38 bits per heavy atom. The Hall–Kier alpha value is -1.59. The van der Waals surface area contributed by atoms with Gasteiger partial charge < -0.3 is 5.32 Å². The van der Waals surface area contributed by atoms with Crippen LogP contribution in [0.5, 0.6) is 0 Å². The first kappa shape index (κ1) is 15.8. The molecule has 1 atom stereocenters. The molecule has 2 rings (SSSR count). The summed E-state index contributed by atoms with van der Waals surface area (Å²) in [5, 5.41) is 4.10. The van der Waals surface area contributed by atoms with Crippen LogP contribution in [0.3, 0.4) is 0 Å². The fraction of sp³-hybridized carbons (Fsp3) is 0.267. The number of anilines is 1. The van der Waals surface area contributed by atoms with E-state index < -0.39 is 9.84 Å². The van der Waals surface area contributed by atoms with Gasteiger partial charge in [-0.15, -0.1) is 0 Å². The molecule has 1 heterocycles. The molecule has 1 aromatic carbocycles. The van der Waals surface area contributed by atoms with Crippen LogP contribution >= 0.6 is 11.6 Å². The maximum Gasteiger partial charge on any atom is 0.192 e. The summed E-state index contributed by atoms with van der Waals surface area (Å²) in [4.78, 5) is 3.95. The van der Waals surface area contributed by atoms with Gasteiger partial charge in [0.25, 0.3) is 0 Å². The van der Waals surface area contributed by atoms with Crippen LogP contribution in [0.25, 0.3) is 0 Å². The topological polar surface area (TPSA) is 59.1 Å². The highest BCUT2D eigenvalue weighted by molar-refractivity contribution is 7.90. The molecule has 6 heteroatoms. The molecule has 112 valence electrons. The van der Waals surface area contributed by atoms with Crippen molar-refractivity contribution in [2.45, 2.75) is 24.4 Å². The second kappa shape index (κ2) is 6.45. The second-order valence-electron chi connectivity index (χ2n) is 5.03. The summed E-state index contributed by atoms with van der Waals surface area (Å²) < 4.78 is 22.7. The van der Waals surface area contributed by atoms with E-state index in [4.69, 9.17) is 11.6 Å². The maximum absolute atomic E-state index is 11.3. The largest absolute Gasteiger partial charge is 0.381 e. The molecule has 0 aliphatic rings. The lowest BCUT2D eigenvalue weighted by atomic mass is 10.1. The average Bonchev–Trinajstić information content (AvgIpc) is 2.41. The van der Waals surface area contributed by atoms with E-state index in [1.54, 1.807) is 6.07 Å².